The van der Waals surface area contributed by atoms with Crippen molar-refractivity contribution in [2.24, 2.45) is 0 Å². The number of nitrogens with one attached hydrogen (secondary N) is 2. The summed E-state index contributed by atoms with van der Waals surface area (Å²) >= 11 is 1.28. The van der Waals surface area contributed by atoms with Gasteiger partial charge < -0.3 is 5.32 Å². The monoisotopic (exact) mass is 298 g/mol. The molecule has 6 nitrogen and oxygen atoms in total. The molecule has 0 amide bonds. The molecule has 2 aromatic rings. The zero-order chi connectivity index (χ0) is 13.9. The van der Waals surface area contributed by atoms with Crippen molar-refractivity contribution in [1.29, 1.82) is 0 Å². The van der Waals surface area contributed by atoms with Crippen LogP contribution in [-0.4, -0.2) is 25.1 Å². The van der Waals surface area contributed by atoms with Crippen LogP contribution in [0.4, 0.5) is 5.69 Å². The van der Waals surface area contributed by atoms with E-state index in [-0.39, 0.29) is 4.90 Å². The van der Waals surface area contributed by atoms with Crippen molar-refractivity contribution in [2.45, 2.75) is 18.4 Å². The summed E-state index contributed by atoms with van der Waals surface area (Å²) in [5.41, 5.74) is 2.26. The van der Waals surface area contributed by atoms with Gasteiger partial charge >= 0.3 is 0 Å². The molecule has 0 saturated carbocycles. The number of sulfonamides is 1. The second kappa shape index (κ2) is 5.64. The summed E-state index contributed by atoms with van der Waals surface area (Å²) in [4.78, 5) is 0.274. The average molecular weight is 298 g/mol. The van der Waals surface area contributed by atoms with Crippen molar-refractivity contribution in [2.75, 3.05) is 12.4 Å². The van der Waals surface area contributed by atoms with Gasteiger partial charge in [-0.1, -0.05) is 10.6 Å². The van der Waals surface area contributed by atoms with E-state index in [9.17, 15) is 8.42 Å². The van der Waals surface area contributed by atoms with Gasteiger partial charge in [0.1, 0.15) is 0 Å². The first-order valence-electron chi connectivity index (χ1n) is 5.57. The Labute approximate surface area is 116 Å². The third kappa shape index (κ3) is 3.28. The van der Waals surface area contributed by atoms with Crippen LogP contribution in [0.15, 0.2) is 28.5 Å². The quantitative estimate of drug-likeness (QED) is 0.871. The molecular formula is C11H14N4O2S2. The summed E-state index contributed by atoms with van der Waals surface area (Å²) in [6, 6.07) is 5.22. The van der Waals surface area contributed by atoms with Gasteiger partial charge in [-0.3, -0.25) is 0 Å². The normalized spacial score (nSPS) is 11.5. The van der Waals surface area contributed by atoms with Crippen molar-refractivity contribution >= 4 is 27.2 Å². The highest BCUT2D eigenvalue weighted by Crippen LogP contribution is 2.20. The smallest absolute Gasteiger partial charge is 0.240 e. The molecule has 0 spiro atoms. The van der Waals surface area contributed by atoms with E-state index in [2.05, 4.69) is 19.6 Å². The number of rotatable bonds is 5. The Hall–Kier alpha value is -1.51. The Bertz CT molecular complexity index is 653. The summed E-state index contributed by atoms with van der Waals surface area (Å²) in [5.74, 6) is 0. The van der Waals surface area contributed by atoms with Gasteiger partial charge in [-0.15, -0.1) is 5.10 Å². The van der Waals surface area contributed by atoms with Crippen molar-refractivity contribution in [3.05, 3.63) is 34.8 Å². The van der Waals surface area contributed by atoms with Crippen LogP contribution in [0.3, 0.4) is 0 Å². The third-order valence-corrected chi connectivity index (χ3v) is 4.73. The van der Waals surface area contributed by atoms with E-state index in [1.165, 1.54) is 18.6 Å². The van der Waals surface area contributed by atoms with Crippen LogP contribution in [0, 0.1) is 6.92 Å². The van der Waals surface area contributed by atoms with E-state index in [1.54, 1.807) is 19.1 Å². The Kier molecular flexibility index (Phi) is 4.13. The van der Waals surface area contributed by atoms with E-state index in [1.807, 2.05) is 11.4 Å². The lowest BCUT2D eigenvalue weighted by Crippen LogP contribution is -2.19. The van der Waals surface area contributed by atoms with E-state index < -0.39 is 10.0 Å². The summed E-state index contributed by atoms with van der Waals surface area (Å²) < 4.78 is 29.8. The number of nitrogens with zero attached hydrogens (tertiary/aromatic N) is 2. The molecule has 0 aliphatic carbocycles. The van der Waals surface area contributed by atoms with Gasteiger partial charge in [-0.2, -0.15) is 0 Å². The maximum absolute atomic E-state index is 11.8. The summed E-state index contributed by atoms with van der Waals surface area (Å²) in [6.45, 7) is 2.27. The van der Waals surface area contributed by atoms with Gasteiger partial charge in [0.25, 0.3) is 0 Å². The van der Waals surface area contributed by atoms with Gasteiger partial charge in [0.05, 0.1) is 17.1 Å². The summed E-state index contributed by atoms with van der Waals surface area (Å²) in [6.07, 6.45) is 0. The molecule has 1 aromatic carbocycles. The second-order valence-corrected chi connectivity index (χ2v) is 6.40. The molecule has 0 radical (unpaired) electrons. The van der Waals surface area contributed by atoms with Gasteiger partial charge in [0.2, 0.25) is 10.0 Å². The SMILES string of the molecule is CNS(=O)(=O)c1cc(NCc2csnn2)ccc1C. The maximum atomic E-state index is 11.8. The molecule has 0 aliphatic heterocycles. The lowest BCUT2D eigenvalue weighted by Gasteiger charge is -2.10. The molecule has 102 valence electrons. The predicted molar refractivity (Wildman–Crippen MR) is 74.7 cm³/mol. The van der Waals surface area contributed by atoms with Crippen molar-refractivity contribution < 1.29 is 8.42 Å². The molecule has 0 aliphatic rings. The van der Waals surface area contributed by atoms with Gasteiger partial charge in [-0.05, 0) is 43.2 Å². The number of hydrogen-bond donors (Lipinski definition) is 2. The lowest BCUT2D eigenvalue weighted by atomic mass is 10.2. The minimum atomic E-state index is -3.44. The largest absolute Gasteiger partial charge is 0.379 e. The first-order valence-corrected chi connectivity index (χ1v) is 7.89. The Morgan fingerprint density at radius 2 is 2.16 bits per heavy atom. The van der Waals surface area contributed by atoms with Crippen molar-refractivity contribution in [1.82, 2.24) is 14.3 Å². The first-order chi connectivity index (χ1) is 9.03. The number of anilines is 1. The van der Waals surface area contributed by atoms with E-state index in [0.717, 1.165) is 11.4 Å². The van der Waals surface area contributed by atoms with E-state index in [0.29, 0.717) is 12.1 Å². The van der Waals surface area contributed by atoms with Gasteiger partial charge in [0.15, 0.2) is 0 Å². The zero-order valence-corrected chi connectivity index (χ0v) is 12.2. The van der Waals surface area contributed by atoms with Gasteiger partial charge in [-0.25, -0.2) is 13.1 Å². The minimum Gasteiger partial charge on any atom is -0.379 e. The molecule has 0 atom stereocenters. The molecule has 2 rings (SSSR count). The topological polar surface area (TPSA) is 84.0 Å². The van der Waals surface area contributed by atoms with Crippen LogP contribution >= 0.6 is 11.5 Å². The highest BCUT2D eigenvalue weighted by molar-refractivity contribution is 7.89. The van der Waals surface area contributed by atoms with Crippen LogP contribution in [0.2, 0.25) is 0 Å². The van der Waals surface area contributed by atoms with Crippen LogP contribution in [-0.2, 0) is 16.6 Å². The van der Waals surface area contributed by atoms with Crippen LogP contribution in [0.1, 0.15) is 11.3 Å². The number of hydrogen-bond acceptors (Lipinski definition) is 6. The Morgan fingerprint density at radius 3 is 2.79 bits per heavy atom. The van der Waals surface area contributed by atoms with Crippen LogP contribution in [0.25, 0.3) is 0 Å². The van der Waals surface area contributed by atoms with Crippen LogP contribution in [0.5, 0.6) is 0 Å². The fourth-order valence-corrected chi connectivity index (χ4v) is 3.01. The van der Waals surface area contributed by atoms with E-state index >= 15 is 0 Å². The zero-order valence-electron chi connectivity index (χ0n) is 10.5. The van der Waals surface area contributed by atoms with Gasteiger partial charge in [0, 0.05) is 11.1 Å². The minimum absolute atomic E-state index is 0.274. The highest BCUT2D eigenvalue weighted by atomic mass is 32.2. The molecule has 0 fully saturated rings. The molecule has 0 unspecified atom stereocenters. The van der Waals surface area contributed by atoms with Crippen LogP contribution < -0.4 is 10.0 Å². The summed E-state index contributed by atoms with van der Waals surface area (Å²) in [7, 11) is -2.04. The first kappa shape index (κ1) is 13.9. The molecule has 19 heavy (non-hydrogen) atoms. The molecule has 8 heteroatoms. The Morgan fingerprint density at radius 1 is 1.37 bits per heavy atom. The molecule has 2 N–H and O–H groups in total. The summed E-state index contributed by atoms with van der Waals surface area (Å²) in [5, 5.41) is 8.87. The highest BCUT2D eigenvalue weighted by Gasteiger charge is 2.14. The molecule has 0 bridgehead atoms. The molecular weight excluding hydrogens is 284 g/mol. The van der Waals surface area contributed by atoms with E-state index in [4.69, 9.17) is 0 Å². The molecule has 1 heterocycles. The third-order valence-electron chi connectivity index (χ3n) is 2.63. The fraction of sp³-hybridized carbons (Fsp3) is 0.273. The number of aromatic nitrogens is 2. The predicted octanol–water partition coefficient (Wildman–Crippen LogP) is 1.37. The fourth-order valence-electron chi connectivity index (χ4n) is 1.56. The molecule has 0 saturated heterocycles. The second-order valence-electron chi connectivity index (χ2n) is 3.94. The maximum Gasteiger partial charge on any atom is 0.240 e. The number of aryl methyl sites for hydroxylation is 1. The standard InChI is InChI=1S/C11H14N4O2S2/c1-8-3-4-9(5-11(8)19(16,17)12-2)13-6-10-7-18-15-14-10/h3-5,7,12-13H,6H2,1-2H3. The Balaban J connectivity index is 2.21. The molecule has 1 aromatic heterocycles. The average Bonchev–Trinajstić information content (AvgIpc) is 2.91. The van der Waals surface area contributed by atoms with Crippen molar-refractivity contribution in [3.63, 3.8) is 0 Å². The lowest BCUT2D eigenvalue weighted by molar-refractivity contribution is 0.587. The number of benzene rings is 1. The van der Waals surface area contributed by atoms with Crippen molar-refractivity contribution in [3.8, 4) is 0 Å².